The topological polar surface area (TPSA) is 562 Å². The van der Waals surface area contributed by atoms with Gasteiger partial charge < -0.3 is 100 Å². The first kappa shape index (κ1) is 91.7. The molecule has 35 nitrogen and oxygen atoms in total. The summed E-state index contributed by atoms with van der Waals surface area (Å²) < 4.78 is 0. The van der Waals surface area contributed by atoms with Crippen LogP contribution in [0.4, 0.5) is 0 Å². The first-order chi connectivity index (χ1) is 55.0. The second-order valence-corrected chi connectivity index (χ2v) is 32.2. The van der Waals surface area contributed by atoms with Gasteiger partial charge in [-0.1, -0.05) is 96.5 Å². The average Bonchev–Trinajstić information content (AvgIpc) is 1.69. The second kappa shape index (κ2) is 43.9. The van der Waals surface area contributed by atoms with Gasteiger partial charge in [-0.05, 0) is 109 Å². The van der Waals surface area contributed by atoms with E-state index in [9.17, 15) is 78.0 Å². The highest BCUT2D eigenvalue weighted by Gasteiger charge is 2.40. The van der Waals surface area contributed by atoms with Gasteiger partial charge in [0.05, 0.1) is 18.5 Å². The van der Waals surface area contributed by atoms with Crippen LogP contribution in [0.15, 0.2) is 110 Å². The number of thioether (sulfide) groups is 2. The number of aromatic amines is 2. The van der Waals surface area contributed by atoms with E-state index < -0.39 is 186 Å². The lowest BCUT2D eigenvalue weighted by atomic mass is 9.85. The maximum atomic E-state index is 15.2. The number of amides is 13. The van der Waals surface area contributed by atoms with E-state index >= 15 is 9.59 Å². The number of nitrogens with one attached hydrogen (secondary N) is 13. The zero-order valence-corrected chi connectivity index (χ0v) is 67.4. The van der Waals surface area contributed by atoms with Gasteiger partial charge in [-0.15, -0.1) is 0 Å². The van der Waals surface area contributed by atoms with Gasteiger partial charge in [0, 0.05) is 96.8 Å². The number of nitrogens with zero attached hydrogens (tertiary/aromatic N) is 2. The minimum Gasteiger partial charge on any atom is -0.508 e. The molecule has 2 bridgehead atoms. The number of phenolic OH excluding ortho intramolecular Hbond substituents is 1. The van der Waals surface area contributed by atoms with Crippen LogP contribution in [0.3, 0.4) is 0 Å². The van der Waals surface area contributed by atoms with Crippen molar-refractivity contribution in [1.29, 1.82) is 0 Å². The summed E-state index contributed by atoms with van der Waals surface area (Å²) in [6, 6.07) is 4.43. The van der Waals surface area contributed by atoms with Crippen LogP contribution in [0.1, 0.15) is 138 Å². The average molecular weight is 1640 g/mol. The molecule has 0 saturated heterocycles. The van der Waals surface area contributed by atoms with Gasteiger partial charge in [-0.2, -0.15) is 23.5 Å². The van der Waals surface area contributed by atoms with Crippen molar-refractivity contribution in [3.63, 3.8) is 0 Å². The number of nitrogens with two attached hydrogens (primary N) is 2. The molecular formula is C79H105N17O18S2. The summed E-state index contributed by atoms with van der Waals surface area (Å²) in [4.78, 5) is 213. The number of aliphatic hydroxyl groups is 2. The standard InChI is InChI=1S/C79H105N17O18S2/c1-9-12-53-70(106)95-64(43(5)98)77(113)93-60(67(81)104)39-116-38-47-14-10-13-46(30-47)37-115-28-26-61(100)94-65(79(6,7)8)78(114)92-57(31-44-16-20-48(21-17-44)66(80)103)73(109)90-59(34-50-36-82-40-85-50)75(111)96-63(42(4)97)76(112)91-58(33-49-35-84-68-52(49)15-11-27-83-68)74(110)88-55(29-41(2)3)71(107)87-54(24-25-62(101)102)69(105)89-56(72(108)86-53)32-45-18-22-51(99)23-19-45/h10-11,13-23,27,30,35-36,40-43,53-60,63-65,97-99H,9,12,24-26,28-29,31-34,37-39H2,1-8H3,(H2,80,103)(H2,81,104)(H,82,85)(H,83,84)(H,86,108)(H,87,107)(H,88,110)(H,89,105)(H,90,109)(H,91,112)(H,92,114)(H,93,113)(H,94,100)(H,95,106)(H,96,111)(H,101,102)/t42-,43-,53+,54+,55+,56+,57+,58+,59+,60+,63+,64+,65-/m1/s1. The molecule has 21 N–H and O–H groups in total. The fraction of sp³-hybridized carbons (Fsp3) is 0.468. The SMILES string of the molecule is CCC[C@@H]1NC(=O)[C@H](Cc2ccc(O)cc2)NC(=O)[C@H](CCC(=O)O)NC(=O)[C@H](CC(C)C)NC(=O)[C@H](Cc2c[nH]c3ncccc23)NC(=O)[C@H]([C@@H](C)O)NC(=O)[C@H](Cc2cnc[nH]2)NC(=O)[C@H](Cc2ccc(C(N)=O)cc2)NC(=O)[C@H](C(C)(C)C)NC(=O)CCSCc2cccc(c2)CSC[C@@H](C(N)=O)NC(=O)[C@H]([C@@H](C)O)NC1=O. The number of carbonyl (C=O) groups excluding carboxylic acids is 13. The van der Waals surface area contributed by atoms with Crippen LogP contribution in [0.2, 0.25) is 0 Å². The van der Waals surface area contributed by atoms with E-state index in [1.54, 1.807) is 53.7 Å². The number of hydrogen-bond acceptors (Lipinski definition) is 21. The number of carboxylic acid groups (broad SMARTS) is 1. The lowest BCUT2D eigenvalue weighted by Crippen LogP contribution is -2.63. The number of primary amides is 2. The monoisotopic (exact) mass is 1640 g/mol. The Labute approximate surface area is 678 Å². The molecule has 626 valence electrons. The van der Waals surface area contributed by atoms with Crippen LogP contribution in [-0.2, 0) is 99.5 Å². The smallest absolute Gasteiger partial charge is 0.303 e. The molecule has 116 heavy (non-hydrogen) atoms. The first-order valence-electron chi connectivity index (χ1n) is 38.0. The zero-order chi connectivity index (χ0) is 85.1. The molecule has 0 aliphatic carbocycles. The number of aromatic nitrogens is 4. The zero-order valence-electron chi connectivity index (χ0n) is 65.7. The van der Waals surface area contributed by atoms with Crippen molar-refractivity contribution in [2.75, 3.05) is 11.5 Å². The summed E-state index contributed by atoms with van der Waals surface area (Å²) in [6.45, 7) is 12.5. The van der Waals surface area contributed by atoms with Crippen molar-refractivity contribution in [2.24, 2.45) is 22.8 Å². The van der Waals surface area contributed by atoms with Gasteiger partial charge in [0.1, 0.15) is 77.9 Å². The van der Waals surface area contributed by atoms with Crippen LogP contribution >= 0.6 is 23.5 Å². The molecular weight excluding hydrogens is 1540 g/mol. The van der Waals surface area contributed by atoms with Crippen molar-refractivity contribution in [3.05, 3.63) is 149 Å². The van der Waals surface area contributed by atoms with E-state index in [0.29, 0.717) is 39.2 Å². The third kappa shape index (κ3) is 28.5. The highest BCUT2D eigenvalue weighted by Crippen LogP contribution is 2.24. The number of rotatable bonds is 19. The lowest BCUT2D eigenvalue weighted by Gasteiger charge is -2.32. The van der Waals surface area contributed by atoms with Crippen molar-refractivity contribution >= 4 is 117 Å². The third-order valence-corrected chi connectivity index (χ3v) is 21.0. The Bertz CT molecular complexity index is 4420. The number of fused-ring (bicyclic) bond motifs is 3. The molecule has 0 unspecified atom stereocenters. The Morgan fingerprint density at radius 2 is 1.06 bits per heavy atom. The largest absolute Gasteiger partial charge is 0.508 e. The molecule has 3 aromatic carbocycles. The fourth-order valence-corrected chi connectivity index (χ4v) is 14.5. The van der Waals surface area contributed by atoms with Crippen molar-refractivity contribution < 1.29 is 87.5 Å². The fourth-order valence-electron chi connectivity index (χ4n) is 12.6. The normalized spacial score (nSPS) is 23.2. The number of carboxylic acids is 1. The number of carbonyl (C=O) groups is 14. The van der Waals surface area contributed by atoms with Gasteiger partial charge in [0.15, 0.2) is 0 Å². The summed E-state index contributed by atoms with van der Waals surface area (Å²) >= 11 is 2.66. The summed E-state index contributed by atoms with van der Waals surface area (Å²) in [5, 5.41) is 72.0. The van der Waals surface area contributed by atoms with Gasteiger partial charge in [-0.3, -0.25) is 67.1 Å². The van der Waals surface area contributed by atoms with E-state index in [-0.39, 0.29) is 79.9 Å². The second-order valence-electron chi connectivity index (χ2n) is 30.0. The van der Waals surface area contributed by atoms with Gasteiger partial charge >= 0.3 is 5.97 Å². The van der Waals surface area contributed by atoms with E-state index in [4.69, 9.17) is 11.5 Å². The summed E-state index contributed by atoms with van der Waals surface area (Å²) in [7, 11) is 0. The molecule has 7 rings (SSSR count). The van der Waals surface area contributed by atoms with Gasteiger partial charge in [0.2, 0.25) is 76.8 Å². The number of aromatic hydroxyl groups is 1. The molecule has 13 amide bonds. The van der Waals surface area contributed by atoms with Crippen LogP contribution in [0.25, 0.3) is 11.0 Å². The molecule has 0 radical (unpaired) electrons. The Hall–Kier alpha value is -11.4. The molecule has 0 fully saturated rings. The number of benzene rings is 3. The van der Waals surface area contributed by atoms with E-state index in [0.717, 1.165) is 11.1 Å². The van der Waals surface area contributed by atoms with Crippen LogP contribution in [0, 0.1) is 11.3 Å². The minimum atomic E-state index is -1.93. The highest BCUT2D eigenvalue weighted by molar-refractivity contribution is 7.98. The van der Waals surface area contributed by atoms with Crippen LogP contribution < -0.4 is 70.0 Å². The number of aliphatic hydroxyl groups excluding tert-OH is 2. The Morgan fingerprint density at radius 1 is 0.560 bits per heavy atom. The maximum absolute atomic E-state index is 15.2. The first-order valence-corrected chi connectivity index (χ1v) is 40.3. The van der Waals surface area contributed by atoms with E-state index in [2.05, 4.69) is 78.4 Å². The number of hydrogen-bond donors (Lipinski definition) is 19. The predicted octanol–water partition coefficient (Wildman–Crippen LogP) is 0.268. The summed E-state index contributed by atoms with van der Waals surface area (Å²) in [6.07, 6.45) is -0.396. The van der Waals surface area contributed by atoms with Gasteiger partial charge in [0.25, 0.3) is 0 Å². The predicted molar refractivity (Wildman–Crippen MR) is 430 cm³/mol. The molecule has 13 atom stereocenters. The molecule has 0 spiro atoms. The molecule has 6 aromatic rings. The van der Waals surface area contributed by atoms with Crippen molar-refractivity contribution in [2.45, 2.75) is 210 Å². The quantitative estimate of drug-likeness (QED) is 0.0517. The minimum absolute atomic E-state index is 0.0571. The number of aliphatic carboxylic acids is 1. The Kier molecular flexibility index (Phi) is 34.7. The Morgan fingerprint density at radius 3 is 1.60 bits per heavy atom. The third-order valence-electron chi connectivity index (χ3n) is 18.9. The molecule has 1 aliphatic rings. The molecule has 0 saturated carbocycles. The van der Waals surface area contributed by atoms with Gasteiger partial charge in [-0.25, -0.2) is 9.97 Å². The number of H-pyrrole nitrogens is 2. The van der Waals surface area contributed by atoms with Crippen molar-refractivity contribution in [3.8, 4) is 5.75 Å². The summed E-state index contributed by atoms with van der Waals surface area (Å²) in [5.74, 6) is -13.4. The number of imidazole rings is 1. The highest BCUT2D eigenvalue weighted by atomic mass is 32.2. The van der Waals surface area contributed by atoms with E-state index in [1.165, 1.54) is 111 Å². The number of phenols is 1. The lowest BCUT2D eigenvalue weighted by molar-refractivity contribution is -0.139. The molecule has 37 heteroatoms. The van der Waals surface area contributed by atoms with Crippen LogP contribution in [-0.4, -0.2) is 213 Å². The Balaban J connectivity index is 1.27. The molecule has 3 aromatic heterocycles. The van der Waals surface area contributed by atoms with Crippen molar-refractivity contribution in [1.82, 2.24) is 78.4 Å². The van der Waals surface area contributed by atoms with E-state index in [1.807, 2.05) is 24.3 Å². The molecule has 4 heterocycles. The summed E-state index contributed by atoms with van der Waals surface area (Å²) in [5.41, 5.74) is 14.0. The maximum Gasteiger partial charge on any atom is 0.303 e. The number of pyridine rings is 1. The molecule has 1 aliphatic heterocycles. The van der Waals surface area contributed by atoms with Crippen LogP contribution in [0.5, 0.6) is 5.75 Å².